The molecule has 6 heteroatoms. The van der Waals surface area contributed by atoms with Crippen molar-refractivity contribution in [1.82, 2.24) is 10.2 Å². The molecular formula is C14H11FN4O. The van der Waals surface area contributed by atoms with Crippen LogP contribution in [0.1, 0.15) is 27.3 Å². The van der Waals surface area contributed by atoms with E-state index in [1.165, 1.54) is 12.1 Å². The summed E-state index contributed by atoms with van der Waals surface area (Å²) in [4.78, 5) is 12.1. The summed E-state index contributed by atoms with van der Waals surface area (Å²) in [5, 5.41) is 18.8. The molecule has 0 aliphatic carbocycles. The fourth-order valence-electron chi connectivity index (χ4n) is 1.66. The number of carbonyl (C=O) groups excluding carboxylic acids is 1. The zero-order chi connectivity index (χ0) is 14.7. The molecule has 0 saturated heterocycles. The Morgan fingerprint density at radius 1 is 1.30 bits per heavy atom. The number of amides is 1. The van der Waals surface area contributed by atoms with Crippen LogP contribution in [0.3, 0.4) is 0 Å². The first-order valence-corrected chi connectivity index (χ1v) is 5.83. The highest BCUT2D eigenvalue weighted by molar-refractivity contribution is 6.05. The maximum absolute atomic E-state index is 13.7. The van der Waals surface area contributed by atoms with E-state index in [0.29, 0.717) is 17.0 Å². The summed E-state index contributed by atoms with van der Waals surface area (Å²) in [6, 6.07) is 7.26. The van der Waals surface area contributed by atoms with Gasteiger partial charge in [0.05, 0.1) is 34.3 Å². The standard InChI is InChI=1S/C14H11FN4O/c1-8-5-11(9(2)19-18-8)14(20)17-13-4-3-10(7-16)6-12(13)15/h3-6H,1-2H3,(H,17,20). The van der Waals surface area contributed by atoms with Gasteiger partial charge in [0.15, 0.2) is 0 Å². The highest BCUT2D eigenvalue weighted by Crippen LogP contribution is 2.17. The molecule has 0 bridgehead atoms. The molecule has 0 radical (unpaired) electrons. The van der Waals surface area contributed by atoms with Gasteiger partial charge in [0.2, 0.25) is 0 Å². The lowest BCUT2D eigenvalue weighted by molar-refractivity contribution is 0.102. The number of aromatic nitrogens is 2. The third kappa shape index (κ3) is 2.78. The Balaban J connectivity index is 2.28. The smallest absolute Gasteiger partial charge is 0.257 e. The first kappa shape index (κ1) is 13.6. The van der Waals surface area contributed by atoms with E-state index in [4.69, 9.17) is 5.26 Å². The minimum absolute atomic E-state index is 0.0165. The van der Waals surface area contributed by atoms with Gasteiger partial charge in [-0.25, -0.2) is 4.39 Å². The molecule has 2 rings (SSSR count). The summed E-state index contributed by atoms with van der Waals surface area (Å²) in [6.07, 6.45) is 0. The van der Waals surface area contributed by atoms with Crippen LogP contribution in [0.25, 0.3) is 0 Å². The number of hydrogen-bond donors (Lipinski definition) is 1. The predicted molar refractivity (Wildman–Crippen MR) is 70.6 cm³/mol. The van der Waals surface area contributed by atoms with E-state index >= 15 is 0 Å². The van der Waals surface area contributed by atoms with Crippen LogP contribution in [-0.4, -0.2) is 16.1 Å². The number of nitriles is 1. The number of aryl methyl sites for hydroxylation is 2. The molecule has 0 aliphatic heterocycles. The molecule has 0 fully saturated rings. The largest absolute Gasteiger partial charge is 0.319 e. The van der Waals surface area contributed by atoms with Crippen molar-refractivity contribution in [2.24, 2.45) is 0 Å². The topological polar surface area (TPSA) is 78.7 Å². The maximum atomic E-state index is 13.7. The van der Waals surface area contributed by atoms with Crippen LogP contribution < -0.4 is 5.32 Å². The van der Waals surface area contributed by atoms with E-state index in [2.05, 4.69) is 15.5 Å². The van der Waals surface area contributed by atoms with Gasteiger partial charge in [0.25, 0.3) is 5.91 Å². The Morgan fingerprint density at radius 2 is 2.05 bits per heavy atom. The summed E-state index contributed by atoms with van der Waals surface area (Å²) in [5.74, 6) is -1.13. The van der Waals surface area contributed by atoms with Gasteiger partial charge >= 0.3 is 0 Å². The average molecular weight is 270 g/mol. The Hall–Kier alpha value is -2.81. The zero-order valence-corrected chi connectivity index (χ0v) is 10.9. The van der Waals surface area contributed by atoms with Crippen molar-refractivity contribution in [1.29, 1.82) is 5.26 Å². The lowest BCUT2D eigenvalue weighted by Crippen LogP contribution is -2.16. The van der Waals surface area contributed by atoms with Gasteiger partial charge in [0, 0.05) is 0 Å². The quantitative estimate of drug-likeness (QED) is 0.908. The van der Waals surface area contributed by atoms with Crippen molar-refractivity contribution >= 4 is 11.6 Å². The van der Waals surface area contributed by atoms with Crippen molar-refractivity contribution in [3.63, 3.8) is 0 Å². The predicted octanol–water partition coefficient (Wildman–Crippen LogP) is 2.36. The maximum Gasteiger partial charge on any atom is 0.257 e. The van der Waals surface area contributed by atoms with E-state index in [1.807, 2.05) is 6.07 Å². The zero-order valence-electron chi connectivity index (χ0n) is 10.9. The minimum atomic E-state index is -0.659. The third-order valence-corrected chi connectivity index (χ3v) is 2.69. The summed E-state index contributed by atoms with van der Waals surface area (Å²) < 4.78 is 13.7. The van der Waals surface area contributed by atoms with Crippen molar-refractivity contribution < 1.29 is 9.18 Å². The Kier molecular flexibility index (Phi) is 3.71. The SMILES string of the molecule is Cc1cc(C(=O)Nc2ccc(C#N)cc2F)c(C)nn1. The molecule has 1 amide bonds. The number of hydrogen-bond acceptors (Lipinski definition) is 4. The van der Waals surface area contributed by atoms with E-state index < -0.39 is 11.7 Å². The lowest BCUT2D eigenvalue weighted by atomic mass is 10.1. The molecule has 0 saturated carbocycles. The van der Waals surface area contributed by atoms with Crippen LogP contribution >= 0.6 is 0 Å². The van der Waals surface area contributed by atoms with Gasteiger partial charge in [-0.05, 0) is 38.1 Å². The molecule has 20 heavy (non-hydrogen) atoms. The fraction of sp³-hybridized carbons (Fsp3) is 0.143. The van der Waals surface area contributed by atoms with Crippen molar-refractivity contribution in [2.45, 2.75) is 13.8 Å². The van der Waals surface area contributed by atoms with Crippen LogP contribution in [0, 0.1) is 31.0 Å². The summed E-state index contributed by atoms with van der Waals surface area (Å²) in [5.41, 5.74) is 1.60. The summed E-state index contributed by atoms with van der Waals surface area (Å²) in [7, 11) is 0. The van der Waals surface area contributed by atoms with Gasteiger partial charge in [-0.3, -0.25) is 4.79 Å². The molecular weight excluding hydrogens is 259 g/mol. The molecule has 0 atom stereocenters. The molecule has 1 aromatic carbocycles. The first-order valence-electron chi connectivity index (χ1n) is 5.83. The van der Waals surface area contributed by atoms with E-state index in [1.54, 1.807) is 19.9 Å². The molecule has 2 aromatic rings. The summed E-state index contributed by atoms with van der Waals surface area (Å²) in [6.45, 7) is 3.36. The molecule has 1 heterocycles. The van der Waals surface area contributed by atoms with Crippen LogP contribution in [0.2, 0.25) is 0 Å². The third-order valence-electron chi connectivity index (χ3n) is 2.69. The molecule has 100 valence electrons. The second-order valence-electron chi connectivity index (χ2n) is 4.25. The number of anilines is 1. The molecule has 0 aliphatic rings. The van der Waals surface area contributed by atoms with Crippen LogP contribution in [0.15, 0.2) is 24.3 Å². The second kappa shape index (κ2) is 5.45. The fourth-order valence-corrected chi connectivity index (χ4v) is 1.66. The first-order chi connectivity index (χ1) is 9.51. The molecule has 5 nitrogen and oxygen atoms in total. The Labute approximate surface area is 115 Å². The Morgan fingerprint density at radius 3 is 2.70 bits per heavy atom. The highest BCUT2D eigenvalue weighted by Gasteiger charge is 2.13. The highest BCUT2D eigenvalue weighted by atomic mass is 19.1. The monoisotopic (exact) mass is 270 g/mol. The minimum Gasteiger partial charge on any atom is -0.319 e. The van der Waals surface area contributed by atoms with Gasteiger partial charge in [-0.1, -0.05) is 0 Å². The van der Waals surface area contributed by atoms with E-state index in [-0.39, 0.29) is 11.3 Å². The molecule has 1 aromatic heterocycles. The van der Waals surface area contributed by atoms with Gasteiger partial charge < -0.3 is 5.32 Å². The number of rotatable bonds is 2. The van der Waals surface area contributed by atoms with Gasteiger partial charge in [-0.15, -0.1) is 0 Å². The van der Waals surface area contributed by atoms with Crippen molar-refractivity contribution in [3.05, 3.63) is 52.6 Å². The number of halogens is 1. The van der Waals surface area contributed by atoms with Crippen LogP contribution in [-0.2, 0) is 0 Å². The number of benzene rings is 1. The average Bonchev–Trinajstić information content (AvgIpc) is 2.43. The normalized spacial score (nSPS) is 9.90. The van der Waals surface area contributed by atoms with Gasteiger partial charge in [0.1, 0.15) is 5.82 Å². The van der Waals surface area contributed by atoms with Crippen molar-refractivity contribution in [3.8, 4) is 6.07 Å². The molecule has 0 unspecified atom stereocenters. The second-order valence-corrected chi connectivity index (χ2v) is 4.25. The van der Waals surface area contributed by atoms with Crippen LogP contribution in [0.5, 0.6) is 0 Å². The van der Waals surface area contributed by atoms with Crippen LogP contribution in [0.4, 0.5) is 10.1 Å². The van der Waals surface area contributed by atoms with E-state index in [9.17, 15) is 9.18 Å². The summed E-state index contributed by atoms with van der Waals surface area (Å²) >= 11 is 0. The Bertz CT molecular complexity index is 722. The molecule has 0 spiro atoms. The van der Waals surface area contributed by atoms with Gasteiger partial charge in [-0.2, -0.15) is 15.5 Å². The number of nitrogens with one attached hydrogen (secondary N) is 1. The number of nitrogens with zero attached hydrogens (tertiary/aromatic N) is 3. The van der Waals surface area contributed by atoms with E-state index in [0.717, 1.165) is 6.07 Å². The molecule has 1 N–H and O–H groups in total. The number of carbonyl (C=O) groups is 1. The lowest BCUT2D eigenvalue weighted by Gasteiger charge is -2.08. The van der Waals surface area contributed by atoms with Crippen molar-refractivity contribution in [2.75, 3.05) is 5.32 Å².